The fourth-order valence-corrected chi connectivity index (χ4v) is 2.93. The molecule has 0 fully saturated rings. The van der Waals surface area contributed by atoms with E-state index in [1.807, 2.05) is 29.2 Å². The van der Waals surface area contributed by atoms with Crippen LogP contribution in [0.2, 0.25) is 0 Å². The van der Waals surface area contributed by atoms with Crippen LogP contribution in [0.3, 0.4) is 0 Å². The van der Waals surface area contributed by atoms with E-state index in [0.29, 0.717) is 25.3 Å². The Morgan fingerprint density at radius 3 is 2.52 bits per heavy atom. The van der Waals surface area contributed by atoms with Crippen molar-refractivity contribution >= 4 is 12.0 Å². The summed E-state index contributed by atoms with van der Waals surface area (Å²) in [6.45, 7) is 3.94. The Morgan fingerprint density at radius 2 is 1.80 bits per heavy atom. The van der Waals surface area contributed by atoms with Crippen molar-refractivity contribution in [3.05, 3.63) is 70.8 Å². The summed E-state index contributed by atoms with van der Waals surface area (Å²) < 4.78 is 4.96. The summed E-state index contributed by atoms with van der Waals surface area (Å²) in [6, 6.07) is 15.3. The van der Waals surface area contributed by atoms with E-state index in [2.05, 4.69) is 17.4 Å². The molecular weight excluding hydrogens is 316 g/mol. The third-order valence-corrected chi connectivity index (χ3v) is 4.33. The summed E-state index contributed by atoms with van der Waals surface area (Å²) in [5.74, 6) is -0.329. The number of ether oxygens (including phenoxy) is 1. The van der Waals surface area contributed by atoms with Gasteiger partial charge in [0.1, 0.15) is 0 Å². The average molecular weight is 338 g/mol. The molecule has 0 spiro atoms. The summed E-state index contributed by atoms with van der Waals surface area (Å²) in [7, 11) is 0. The monoisotopic (exact) mass is 338 g/mol. The van der Waals surface area contributed by atoms with E-state index in [-0.39, 0.29) is 12.0 Å². The summed E-state index contributed by atoms with van der Waals surface area (Å²) in [5, 5.41) is 2.94. The van der Waals surface area contributed by atoms with Gasteiger partial charge in [0, 0.05) is 19.6 Å². The Morgan fingerprint density at radius 1 is 1.08 bits per heavy atom. The number of fused-ring (bicyclic) bond motifs is 1. The van der Waals surface area contributed by atoms with E-state index in [1.165, 1.54) is 11.1 Å². The highest BCUT2D eigenvalue weighted by Crippen LogP contribution is 2.18. The van der Waals surface area contributed by atoms with Crippen molar-refractivity contribution < 1.29 is 14.3 Å². The predicted molar refractivity (Wildman–Crippen MR) is 95.2 cm³/mol. The number of rotatable bonds is 4. The molecule has 2 amide bonds. The van der Waals surface area contributed by atoms with Gasteiger partial charge in [0.05, 0.1) is 12.2 Å². The van der Waals surface area contributed by atoms with Gasteiger partial charge in [-0.1, -0.05) is 36.4 Å². The van der Waals surface area contributed by atoms with Crippen molar-refractivity contribution in [2.45, 2.75) is 26.4 Å². The first-order valence-corrected chi connectivity index (χ1v) is 8.53. The van der Waals surface area contributed by atoms with Gasteiger partial charge in [-0.25, -0.2) is 9.59 Å². The number of amides is 2. The van der Waals surface area contributed by atoms with Gasteiger partial charge in [-0.3, -0.25) is 0 Å². The molecule has 0 unspecified atom stereocenters. The van der Waals surface area contributed by atoms with E-state index in [1.54, 1.807) is 19.1 Å². The molecule has 2 aromatic carbocycles. The number of nitrogens with one attached hydrogen (secondary N) is 1. The van der Waals surface area contributed by atoms with Crippen molar-refractivity contribution in [1.82, 2.24) is 10.2 Å². The molecule has 0 radical (unpaired) electrons. The number of benzene rings is 2. The molecule has 3 rings (SSSR count). The van der Waals surface area contributed by atoms with Crippen molar-refractivity contribution in [2.24, 2.45) is 0 Å². The van der Waals surface area contributed by atoms with Gasteiger partial charge in [0.25, 0.3) is 0 Å². The Balaban J connectivity index is 1.53. The fourth-order valence-electron chi connectivity index (χ4n) is 2.93. The number of hydrogen-bond acceptors (Lipinski definition) is 3. The number of nitrogens with zero attached hydrogens (tertiary/aromatic N) is 1. The van der Waals surface area contributed by atoms with Gasteiger partial charge in [-0.2, -0.15) is 0 Å². The fraction of sp³-hybridized carbons (Fsp3) is 0.300. The summed E-state index contributed by atoms with van der Waals surface area (Å²) in [4.78, 5) is 25.8. The van der Waals surface area contributed by atoms with Crippen LogP contribution in [0.4, 0.5) is 4.79 Å². The molecule has 1 aliphatic heterocycles. The Hall–Kier alpha value is -2.82. The maximum absolute atomic E-state index is 12.4. The Kier molecular flexibility index (Phi) is 5.33. The normalized spacial score (nSPS) is 13.1. The molecule has 0 bridgehead atoms. The predicted octanol–water partition coefficient (Wildman–Crippen LogP) is 3.13. The van der Waals surface area contributed by atoms with Gasteiger partial charge in [-0.15, -0.1) is 0 Å². The van der Waals surface area contributed by atoms with Crippen LogP contribution in [0.5, 0.6) is 0 Å². The third-order valence-electron chi connectivity index (χ3n) is 4.33. The highest BCUT2D eigenvalue weighted by molar-refractivity contribution is 5.89. The van der Waals surface area contributed by atoms with Gasteiger partial charge >= 0.3 is 12.0 Å². The zero-order valence-electron chi connectivity index (χ0n) is 14.3. The van der Waals surface area contributed by atoms with E-state index < -0.39 is 0 Å². The summed E-state index contributed by atoms with van der Waals surface area (Å²) in [5.41, 5.74) is 3.99. The SMILES string of the molecule is CCOC(=O)c1ccc(CNC(=O)N2CCc3ccccc3C2)cc1. The maximum atomic E-state index is 12.4. The molecule has 5 nitrogen and oxygen atoms in total. The van der Waals surface area contributed by atoms with Crippen LogP contribution >= 0.6 is 0 Å². The first-order valence-electron chi connectivity index (χ1n) is 8.53. The molecule has 1 N–H and O–H groups in total. The van der Waals surface area contributed by atoms with Gasteiger partial charge < -0.3 is 15.0 Å². The molecule has 0 saturated heterocycles. The summed E-state index contributed by atoms with van der Waals surface area (Å²) in [6.07, 6.45) is 0.887. The lowest BCUT2D eigenvalue weighted by Crippen LogP contribution is -2.42. The van der Waals surface area contributed by atoms with Crippen LogP contribution in [0, 0.1) is 0 Å². The molecule has 2 aromatic rings. The number of hydrogen-bond donors (Lipinski definition) is 1. The molecule has 25 heavy (non-hydrogen) atoms. The third kappa shape index (κ3) is 4.18. The van der Waals surface area contributed by atoms with Crippen LogP contribution in [0.1, 0.15) is 34.0 Å². The minimum absolute atomic E-state index is 0.0658. The second-order valence-electron chi connectivity index (χ2n) is 6.02. The van der Waals surface area contributed by atoms with Gasteiger partial charge in [-0.05, 0) is 42.2 Å². The van der Waals surface area contributed by atoms with E-state index in [4.69, 9.17) is 4.74 Å². The van der Waals surface area contributed by atoms with Crippen LogP contribution in [-0.4, -0.2) is 30.1 Å². The second kappa shape index (κ2) is 7.83. The number of esters is 1. The number of urea groups is 1. The van der Waals surface area contributed by atoms with E-state index >= 15 is 0 Å². The van der Waals surface area contributed by atoms with Crippen molar-refractivity contribution in [3.63, 3.8) is 0 Å². The molecule has 0 aromatic heterocycles. The smallest absolute Gasteiger partial charge is 0.338 e. The Labute approximate surface area is 147 Å². The van der Waals surface area contributed by atoms with Crippen LogP contribution in [0.15, 0.2) is 48.5 Å². The van der Waals surface area contributed by atoms with Crippen molar-refractivity contribution in [2.75, 3.05) is 13.2 Å². The molecule has 0 saturated carbocycles. The van der Waals surface area contributed by atoms with E-state index in [0.717, 1.165) is 18.5 Å². The van der Waals surface area contributed by atoms with Gasteiger partial charge in [0.15, 0.2) is 0 Å². The number of carbonyl (C=O) groups excluding carboxylic acids is 2. The molecule has 5 heteroatoms. The first kappa shape index (κ1) is 17.0. The molecule has 1 heterocycles. The van der Waals surface area contributed by atoms with Gasteiger partial charge in [0.2, 0.25) is 0 Å². The lowest BCUT2D eigenvalue weighted by Gasteiger charge is -2.29. The standard InChI is InChI=1S/C20H22N2O3/c1-2-25-19(23)17-9-7-15(8-10-17)13-21-20(24)22-12-11-16-5-3-4-6-18(16)14-22/h3-10H,2,11-14H2,1H3,(H,21,24). The lowest BCUT2D eigenvalue weighted by atomic mass is 10.0. The van der Waals surface area contributed by atoms with Crippen molar-refractivity contribution in [3.8, 4) is 0 Å². The minimum Gasteiger partial charge on any atom is -0.462 e. The van der Waals surface area contributed by atoms with Crippen LogP contribution in [-0.2, 0) is 24.2 Å². The largest absolute Gasteiger partial charge is 0.462 e. The zero-order chi connectivity index (χ0) is 17.6. The molecule has 1 aliphatic rings. The average Bonchev–Trinajstić information content (AvgIpc) is 2.66. The molecule has 130 valence electrons. The second-order valence-corrected chi connectivity index (χ2v) is 6.02. The van der Waals surface area contributed by atoms with Crippen LogP contribution < -0.4 is 5.32 Å². The lowest BCUT2D eigenvalue weighted by molar-refractivity contribution is 0.0526. The molecule has 0 atom stereocenters. The first-order chi connectivity index (χ1) is 12.2. The van der Waals surface area contributed by atoms with E-state index in [9.17, 15) is 9.59 Å². The zero-order valence-corrected chi connectivity index (χ0v) is 14.3. The highest BCUT2D eigenvalue weighted by atomic mass is 16.5. The summed E-state index contributed by atoms with van der Waals surface area (Å²) >= 11 is 0. The quantitative estimate of drug-likeness (QED) is 0.872. The molecule has 0 aliphatic carbocycles. The van der Waals surface area contributed by atoms with Crippen molar-refractivity contribution in [1.29, 1.82) is 0 Å². The van der Waals surface area contributed by atoms with Crippen LogP contribution in [0.25, 0.3) is 0 Å². The number of carbonyl (C=O) groups is 2. The Bertz CT molecular complexity index is 756. The maximum Gasteiger partial charge on any atom is 0.338 e. The topological polar surface area (TPSA) is 58.6 Å². The highest BCUT2D eigenvalue weighted by Gasteiger charge is 2.19. The minimum atomic E-state index is -0.329. The molecular formula is C20H22N2O3.